The summed E-state index contributed by atoms with van der Waals surface area (Å²) in [7, 11) is 1.80. The molecule has 0 aliphatic carbocycles. The molecule has 2 aromatic carbocycles. The fourth-order valence-corrected chi connectivity index (χ4v) is 2.35. The molecule has 0 fully saturated rings. The van der Waals surface area contributed by atoms with E-state index in [1.807, 2.05) is 54.6 Å². The molecule has 0 bridgehead atoms. The van der Waals surface area contributed by atoms with E-state index in [2.05, 4.69) is 15.3 Å². The van der Waals surface area contributed by atoms with E-state index >= 15 is 0 Å². The third-order valence-corrected chi connectivity index (χ3v) is 3.37. The highest BCUT2D eigenvalue weighted by atomic mass is 35.5. The van der Waals surface area contributed by atoms with Crippen LogP contribution in [0.25, 0.3) is 10.8 Å². The Morgan fingerprint density at radius 3 is 2.43 bits per heavy atom. The summed E-state index contributed by atoms with van der Waals surface area (Å²) in [6, 6.07) is 17.6. The van der Waals surface area contributed by atoms with Gasteiger partial charge in [-0.1, -0.05) is 66.2 Å². The van der Waals surface area contributed by atoms with Gasteiger partial charge in [0.1, 0.15) is 0 Å². The van der Waals surface area contributed by atoms with Crippen molar-refractivity contribution in [3.63, 3.8) is 0 Å². The van der Waals surface area contributed by atoms with E-state index in [4.69, 9.17) is 11.6 Å². The Balaban J connectivity index is 2.12. The van der Waals surface area contributed by atoms with Gasteiger partial charge >= 0.3 is 0 Å². The molecule has 0 atom stereocenters. The summed E-state index contributed by atoms with van der Waals surface area (Å²) in [6.07, 6.45) is 1.71. The highest BCUT2D eigenvalue weighted by molar-refractivity contribution is 6.34. The van der Waals surface area contributed by atoms with Crippen molar-refractivity contribution in [3.8, 4) is 0 Å². The maximum Gasteiger partial charge on any atom is 0.179 e. The van der Waals surface area contributed by atoms with Gasteiger partial charge < -0.3 is 0 Å². The first kappa shape index (κ1) is 13.5. The molecule has 0 saturated carbocycles. The molecule has 0 amide bonds. The zero-order chi connectivity index (χ0) is 14.7. The Morgan fingerprint density at radius 2 is 1.67 bits per heavy atom. The van der Waals surface area contributed by atoms with Gasteiger partial charge in [0.2, 0.25) is 0 Å². The normalized spacial score (nSPS) is 12.4. The van der Waals surface area contributed by atoms with Crippen LogP contribution in [0.4, 0.5) is 0 Å². The van der Waals surface area contributed by atoms with Crippen molar-refractivity contribution < 1.29 is 0 Å². The lowest BCUT2D eigenvalue weighted by molar-refractivity contribution is 0.696. The van der Waals surface area contributed by atoms with Crippen molar-refractivity contribution in [1.29, 1.82) is 0 Å². The Bertz CT molecular complexity index is 866. The molecule has 1 heterocycles. The first-order valence-corrected chi connectivity index (χ1v) is 6.87. The van der Waals surface area contributed by atoms with Crippen LogP contribution in [-0.4, -0.2) is 16.0 Å². The quantitative estimate of drug-likeness (QED) is 0.529. The zero-order valence-corrected chi connectivity index (χ0v) is 12.2. The summed E-state index contributed by atoms with van der Waals surface area (Å²) in [6.45, 7) is 0. The van der Waals surface area contributed by atoms with Gasteiger partial charge in [-0.15, -0.1) is 5.10 Å². The number of aryl methyl sites for hydroxylation is 1. The highest BCUT2D eigenvalue weighted by Crippen LogP contribution is 2.16. The van der Waals surface area contributed by atoms with Gasteiger partial charge in [0, 0.05) is 17.8 Å². The molecule has 21 heavy (non-hydrogen) atoms. The van der Waals surface area contributed by atoms with E-state index in [1.54, 1.807) is 17.9 Å². The molecule has 0 unspecified atom stereocenters. The highest BCUT2D eigenvalue weighted by Gasteiger charge is 2.04. The Labute approximate surface area is 127 Å². The summed E-state index contributed by atoms with van der Waals surface area (Å²) >= 11 is 6.15. The minimum Gasteiger partial charge on any atom is -0.248 e. The second kappa shape index (κ2) is 5.89. The van der Waals surface area contributed by atoms with Crippen LogP contribution in [0.1, 0.15) is 5.56 Å². The number of halogens is 1. The standard InChI is InChI=1S/C16H13ClN4/c1-21-16(19-18-11-12-7-3-2-4-8-12)14-10-6-5-9-13(14)15(17)20-21/h2-11H,1H3/b18-11+,19-16-. The predicted octanol–water partition coefficient (Wildman–Crippen LogP) is 3.16. The van der Waals surface area contributed by atoms with Crippen LogP contribution in [0, 0.1) is 0 Å². The number of rotatable bonds is 2. The van der Waals surface area contributed by atoms with E-state index in [0.717, 1.165) is 16.3 Å². The third-order valence-electron chi connectivity index (χ3n) is 3.09. The molecule has 5 heteroatoms. The van der Waals surface area contributed by atoms with Crippen molar-refractivity contribution in [2.24, 2.45) is 17.3 Å². The van der Waals surface area contributed by atoms with Gasteiger partial charge in [-0.2, -0.15) is 10.2 Å². The van der Waals surface area contributed by atoms with Crippen LogP contribution in [0.3, 0.4) is 0 Å². The van der Waals surface area contributed by atoms with E-state index in [9.17, 15) is 0 Å². The van der Waals surface area contributed by atoms with Crippen molar-refractivity contribution in [2.75, 3.05) is 0 Å². The summed E-state index contributed by atoms with van der Waals surface area (Å²) in [5, 5.41) is 14.9. The summed E-state index contributed by atoms with van der Waals surface area (Å²) in [5.41, 5.74) is 1.66. The molecule has 104 valence electrons. The second-order valence-corrected chi connectivity index (χ2v) is 4.90. The topological polar surface area (TPSA) is 42.5 Å². The van der Waals surface area contributed by atoms with E-state index < -0.39 is 0 Å². The number of hydrogen-bond donors (Lipinski definition) is 0. The van der Waals surface area contributed by atoms with Gasteiger partial charge in [-0.3, -0.25) is 0 Å². The zero-order valence-electron chi connectivity index (χ0n) is 11.4. The Hall–Kier alpha value is -2.46. The lowest BCUT2D eigenvalue weighted by Gasteiger charge is -2.04. The molecule has 0 aliphatic rings. The molecule has 4 nitrogen and oxygen atoms in total. The number of nitrogens with zero attached hydrogens (tertiary/aromatic N) is 4. The summed E-state index contributed by atoms with van der Waals surface area (Å²) in [4.78, 5) is 0. The summed E-state index contributed by atoms with van der Waals surface area (Å²) < 4.78 is 1.63. The second-order valence-electron chi connectivity index (χ2n) is 4.54. The Morgan fingerprint density at radius 1 is 1.00 bits per heavy atom. The first-order valence-electron chi connectivity index (χ1n) is 6.49. The van der Waals surface area contributed by atoms with Crippen LogP contribution in [0.2, 0.25) is 5.15 Å². The van der Waals surface area contributed by atoms with Crippen LogP contribution < -0.4 is 5.49 Å². The average Bonchev–Trinajstić information content (AvgIpc) is 2.51. The van der Waals surface area contributed by atoms with E-state index in [0.29, 0.717) is 10.6 Å². The van der Waals surface area contributed by atoms with Crippen molar-refractivity contribution >= 4 is 28.6 Å². The van der Waals surface area contributed by atoms with Crippen LogP contribution in [0.15, 0.2) is 64.8 Å². The molecule has 3 rings (SSSR count). The van der Waals surface area contributed by atoms with E-state index in [1.165, 1.54) is 0 Å². The summed E-state index contributed by atoms with van der Waals surface area (Å²) in [5.74, 6) is 0. The number of hydrogen-bond acceptors (Lipinski definition) is 3. The lowest BCUT2D eigenvalue weighted by atomic mass is 10.2. The lowest BCUT2D eigenvalue weighted by Crippen LogP contribution is -2.21. The predicted molar refractivity (Wildman–Crippen MR) is 85.3 cm³/mol. The molecular weight excluding hydrogens is 284 g/mol. The van der Waals surface area contributed by atoms with Gasteiger partial charge in [0.05, 0.1) is 6.21 Å². The van der Waals surface area contributed by atoms with E-state index in [-0.39, 0.29) is 0 Å². The minimum atomic E-state index is 0.457. The molecule has 0 saturated heterocycles. The molecular formula is C16H13ClN4. The number of fused-ring (bicyclic) bond motifs is 1. The fraction of sp³-hybridized carbons (Fsp3) is 0.0625. The van der Waals surface area contributed by atoms with Gasteiger partial charge in [-0.05, 0) is 5.56 Å². The van der Waals surface area contributed by atoms with Gasteiger partial charge in [0.25, 0.3) is 0 Å². The molecule has 0 radical (unpaired) electrons. The molecule has 0 spiro atoms. The van der Waals surface area contributed by atoms with Crippen LogP contribution in [-0.2, 0) is 7.05 Å². The Kier molecular flexibility index (Phi) is 3.79. The van der Waals surface area contributed by atoms with Crippen molar-refractivity contribution in [2.45, 2.75) is 0 Å². The number of benzene rings is 2. The average molecular weight is 297 g/mol. The van der Waals surface area contributed by atoms with Gasteiger partial charge in [0.15, 0.2) is 10.6 Å². The smallest absolute Gasteiger partial charge is 0.179 e. The monoisotopic (exact) mass is 296 g/mol. The molecule has 0 aliphatic heterocycles. The van der Waals surface area contributed by atoms with Crippen LogP contribution >= 0.6 is 11.6 Å². The van der Waals surface area contributed by atoms with Crippen LogP contribution in [0.5, 0.6) is 0 Å². The fourth-order valence-electron chi connectivity index (χ4n) is 2.07. The maximum atomic E-state index is 6.15. The van der Waals surface area contributed by atoms with Crippen molar-refractivity contribution in [3.05, 3.63) is 70.8 Å². The van der Waals surface area contributed by atoms with Crippen molar-refractivity contribution in [1.82, 2.24) is 9.78 Å². The molecule has 3 aromatic rings. The number of aromatic nitrogens is 2. The SMILES string of the molecule is Cn1nc(Cl)c2ccccc2/c1=N/N=C/c1ccccc1. The largest absolute Gasteiger partial charge is 0.248 e. The first-order chi connectivity index (χ1) is 10.3. The molecule has 1 aromatic heterocycles. The minimum absolute atomic E-state index is 0.457. The maximum absolute atomic E-state index is 6.15. The van der Waals surface area contributed by atoms with Gasteiger partial charge in [-0.25, -0.2) is 4.68 Å². The third kappa shape index (κ3) is 2.85. The molecule has 0 N–H and O–H groups in total.